The second kappa shape index (κ2) is 11.5. The molecule has 1 atom stereocenters. The van der Waals surface area contributed by atoms with E-state index in [0.717, 1.165) is 12.8 Å². The minimum absolute atomic E-state index is 0.0354. The van der Waals surface area contributed by atoms with Gasteiger partial charge in [0.25, 0.3) is 5.91 Å². The quantitative estimate of drug-likeness (QED) is 0.428. The van der Waals surface area contributed by atoms with Gasteiger partial charge in [-0.3, -0.25) is 14.4 Å². The van der Waals surface area contributed by atoms with Gasteiger partial charge >= 0.3 is 0 Å². The van der Waals surface area contributed by atoms with Gasteiger partial charge in [-0.25, -0.2) is 0 Å². The number of anilines is 1. The SMILES string of the molecule is CN(C(=O)c1ccc(NCC(=O)N2CCC(S)CC2)cc1C=O)C(C=O)CCC=O. The van der Waals surface area contributed by atoms with Crippen molar-refractivity contribution in [3.63, 3.8) is 0 Å². The first-order valence-electron chi connectivity index (χ1n) is 9.86. The van der Waals surface area contributed by atoms with Crippen LogP contribution in [-0.2, 0) is 14.4 Å². The average molecular weight is 434 g/mol. The number of nitrogens with one attached hydrogen (secondary N) is 1. The standard InChI is InChI=1S/C21H27N3O5S/c1-23(17(14-27)3-2-10-25)21(29)19-5-4-16(11-15(19)13-26)22-12-20(28)24-8-6-18(30)7-9-24/h4-5,10-11,13-14,17-18,22,30H,2-3,6-9,12H2,1H3. The van der Waals surface area contributed by atoms with Gasteiger partial charge in [0.15, 0.2) is 6.29 Å². The first kappa shape index (κ1) is 23.6. The van der Waals surface area contributed by atoms with Crippen LogP contribution in [0.4, 0.5) is 5.69 Å². The van der Waals surface area contributed by atoms with E-state index >= 15 is 0 Å². The zero-order valence-corrected chi connectivity index (χ0v) is 17.8. The topological polar surface area (TPSA) is 104 Å². The predicted molar refractivity (Wildman–Crippen MR) is 116 cm³/mol. The molecule has 30 heavy (non-hydrogen) atoms. The van der Waals surface area contributed by atoms with Gasteiger partial charge in [0.05, 0.1) is 18.2 Å². The third-order valence-corrected chi connectivity index (χ3v) is 5.74. The Balaban J connectivity index is 2.04. The molecule has 0 saturated carbocycles. The molecule has 1 saturated heterocycles. The second-order valence-electron chi connectivity index (χ2n) is 7.25. The maximum atomic E-state index is 12.7. The molecule has 8 nitrogen and oxygen atoms in total. The number of rotatable bonds is 10. The van der Waals surface area contributed by atoms with Crippen molar-refractivity contribution in [1.82, 2.24) is 9.80 Å². The zero-order valence-electron chi connectivity index (χ0n) is 17.0. The van der Waals surface area contributed by atoms with Crippen molar-refractivity contribution in [2.75, 3.05) is 32.0 Å². The third-order valence-electron chi connectivity index (χ3n) is 5.23. The van der Waals surface area contributed by atoms with E-state index in [0.29, 0.717) is 42.9 Å². The summed E-state index contributed by atoms with van der Waals surface area (Å²) in [5, 5.41) is 3.33. The van der Waals surface area contributed by atoms with E-state index in [1.54, 1.807) is 11.0 Å². The lowest BCUT2D eigenvalue weighted by atomic mass is 10.0. The van der Waals surface area contributed by atoms with Crippen molar-refractivity contribution in [2.24, 2.45) is 0 Å². The molecule has 1 N–H and O–H groups in total. The summed E-state index contributed by atoms with van der Waals surface area (Å²) in [6, 6.07) is 3.85. The highest BCUT2D eigenvalue weighted by Gasteiger charge is 2.23. The molecule has 0 spiro atoms. The summed E-state index contributed by atoms with van der Waals surface area (Å²) in [7, 11) is 1.46. The molecule has 9 heteroatoms. The predicted octanol–water partition coefficient (Wildman–Crippen LogP) is 1.45. The molecule has 0 aliphatic carbocycles. The Kier molecular flexibility index (Phi) is 9.04. The maximum absolute atomic E-state index is 12.7. The number of aldehydes is 3. The Morgan fingerprint density at radius 1 is 1.27 bits per heavy atom. The summed E-state index contributed by atoms with van der Waals surface area (Å²) in [5.74, 6) is -0.524. The highest BCUT2D eigenvalue weighted by atomic mass is 32.1. The van der Waals surface area contributed by atoms with Gasteiger partial charge in [-0.05, 0) is 37.5 Å². The fraction of sp³-hybridized carbons (Fsp3) is 0.476. The van der Waals surface area contributed by atoms with Gasteiger partial charge in [0, 0.05) is 43.1 Å². The Labute approximate surface area is 181 Å². The smallest absolute Gasteiger partial charge is 0.254 e. The molecule has 0 bridgehead atoms. The molecule has 162 valence electrons. The lowest BCUT2D eigenvalue weighted by molar-refractivity contribution is -0.130. The minimum Gasteiger partial charge on any atom is -0.376 e. The molecule has 0 radical (unpaired) electrons. The van der Waals surface area contributed by atoms with E-state index < -0.39 is 11.9 Å². The number of likely N-dealkylation sites (tertiary alicyclic amines) is 1. The van der Waals surface area contributed by atoms with Gasteiger partial charge in [-0.1, -0.05) is 0 Å². The number of hydrogen-bond acceptors (Lipinski definition) is 7. The second-order valence-corrected chi connectivity index (χ2v) is 7.98. The Morgan fingerprint density at radius 2 is 1.97 bits per heavy atom. The van der Waals surface area contributed by atoms with E-state index in [4.69, 9.17) is 0 Å². The Hall–Kier alpha value is -2.68. The number of benzene rings is 1. The van der Waals surface area contributed by atoms with Crippen LogP contribution >= 0.6 is 12.6 Å². The van der Waals surface area contributed by atoms with Crippen LogP contribution in [0.2, 0.25) is 0 Å². The van der Waals surface area contributed by atoms with E-state index in [2.05, 4.69) is 17.9 Å². The number of carbonyl (C=O) groups is 5. The fourth-order valence-corrected chi connectivity index (χ4v) is 3.53. The van der Waals surface area contributed by atoms with Crippen LogP contribution in [0.5, 0.6) is 0 Å². The van der Waals surface area contributed by atoms with Crippen molar-refractivity contribution in [2.45, 2.75) is 37.0 Å². The van der Waals surface area contributed by atoms with Crippen LogP contribution in [0.3, 0.4) is 0 Å². The average Bonchev–Trinajstić information content (AvgIpc) is 2.77. The number of amides is 2. The Morgan fingerprint density at radius 3 is 2.57 bits per heavy atom. The van der Waals surface area contributed by atoms with Gasteiger partial charge < -0.3 is 24.7 Å². The summed E-state index contributed by atoms with van der Waals surface area (Å²) in [6.07, 6.45) is 3.97. The largest absolute Gasteiger partial charge is 0.376 e. The van der Waals surface area contributed by atoms with Crippen LogP contribution in [0.25, 0.3) is 0 Å². The van der Waals surface area contributed by atoms with E-state index in [1.807, 2.05) is 0 Å². The fourth-order valence-electron chi connectivity index (χ4n) is 3.30. The van der Waals surface area contributed by atoms with Crippen molar-refractivity contribution >= 4 is 49.0 Å². The molecule has 2 amide bonds. The number of piperidine rings is 1. The number of likely N-dealkylation sites (N-methyl/N-ethyl adjacent to an activating group) is 1. The van der Waals surface area contributed by atoms with Gasteiger partial charge in [0.2, 0.25) is 5.91 Å². The Bertz CT molecular complexity index is 793. The normalized spacial score (nSPS) is 15.2. The summed E-state index contributed by atoms with van der Waals surface area (Å²) < 4.78 is 0. The molecule has 0 aromatic heterocycles. The summed E-state index contributed by atoms with van der Waals surface area (Å²) in [4.78, 5) is 61.4. The molecular formula is C21H27N3O5S. The molecule has 1 aromatic rings. The molecule has 1 aliphatic heterocycles. The van der Waals surface area contributed by atoms with Crippen LogP contribution in [-0.4, -0.2) is 78.4 Å². The monoisotopic (exact) mass is 433 g/mol. The summed E-state index contributed by atoms with van der Waals surface area (Å²) in [5.41, 5.74) is 0.847. The zero-order chi connectivity index (χ0) is 22.1. The lowest BCUT2D eigenvalue weighted by Crippen LogP contribution is -2.41. The molecule has 1 aromatic carbocycles. The van der Waals surface area contributed by atoms with Crippen molar-refractivity contribution in [1.29, 1.82) is 0 Å². The van der Waals surface area contributed by atoms with Crippen LogP contribution in [0.1, 0.15) is 46.4 Å². The molecule has 2 rings (SSSR count). The van der Waals surface area contributed by atoms with Crippen molar-refractivity contribution < 1.29 is 24.0 Å². The van der Waals surface area contributed by atoms with Crippen LogP contribution < -0.4 is 5.32 Å². The first-order valence-corrected chi connectivity index (χ1v) is 10.4. The van der Waals surface area contributed by atoms with Crippen molar-refractivity contribution in [3.8, 4) is 0 Å². The van der Waals surface area contributed by atoms with Crippen LogP contribution in [0, 0.1) is 0 Å². The third kappa shape index (κ3) is 6.16. The number of hydrogen-bond donors (Lipinski definition) is 2. The van der Waals surface area contributed by atoms with Crippen molar-refractivity contribution in [3.05, 3.63) is 29.3 Å². The molecule has 1 heterocycles. The number of nitrogens with zero attached hydrogens (tertiary/aromatic N) is 2. The number of thiol groups is 1. The molecular weight excluding hydrogens is 406 g/mol. The maximum Gasteiger partial charge on any atom is 0.254 e. The van der Waals surface area contributed by atoms with Gasteiger partial charge in [0.1, 0.15) is 12.6 Å². The van der Waals surface area contributed by atoms with E-state index in [9.17, 15) is 24.0 Å². The highest BCUT2D eigenvalue weighted by Crippen LogP contribution is 2.19. The summed E-state index contributed by atoms with van der Waals surface area (Å²) in [6.45, 7) is 1.44. The molecule has 1 aliphatic rings. The first-order chi connectivity index (χ1) is 14.4. The molecule has 1 fully saturated rings. The summed E-state index contributed by atoms with van der Waals surface area (Å²) >= 11 is 4.43. The van der Waals surface area contributed by atoms with Crippen LogP contribution in [0.15, 0.2) is 18.2 Å². The van der Waals surface area contributed by atoms with Gasteiger partial charge in [-0.2, -0.15) is 12.6 Å². The van der Waals surface area contributed by atoms with E-state index in [-0.39, 0.29) is 36.4 Å². The van der Waals surface area contributed by atoms with E-state index in [1.165, 1.54) is 24.1 Å². The van der Waals surface area contributed by atoms with Gasteiger partial charge in [-0.15, -0.1) is 0 Å². The lowest BCUT2D eigenvalue weighted by Gasteiger charge is -2.30. The number of carbonyl (C=O) groups excluding carboxylic acids is 5. The minimum atomic E-state index is -0.751. The highest BCUT2D eigenvalue weighted by molar-refractivity contribution is 7.80. The molecule has 1 unspecified atom stereocenters.